The van der Waals surface area contributed by atoms with Gasteiger partial charge >= 0.3 is 0 Å². The number of imidazole rings is 1. The van der Waals surface area contributed by atoms with Crippen molar-refractivity contribution in [3.8, 4) is 5.82 Å². The second-order valence-electron chi connectivity index (χ2n) is 6.59. The molecule has 0 saturated carbocycles. The first-order valence-electron chi connectivity index (χ1n) is 9.57. The molecular weight excluding hydrogens is 451 g/mol. The van der Waals surface area contributed by atoms with Gasteiger partial charge in [-0.05, 0) is 30.9 Å². The summed E-state index contributed by atoms with van der Waals surface area (Å²) >= 11 is 0. The normalized spacial score (nSPS) is 12.4. The van der Waals surface area contributed by atoms with E-state index in [-0.39, 0.29) is 24.0 Å². The molecule has 2 aromatic heterocycles. The molecule has 2 heterocycles. The van der Waals surface area contributed by atoms with Crippen molar-refractivity contribution in [2.45, 2.75) is 53.0 Å². The maximum Gasteiger partial charge on any atom is 0.191 e. The Balaban J connectivity index is 0.00000364. The van der Waals surface area contributed by atoms with Gasteiger partial charge in [0.1, 0.15) is 11.6 Å². The number of guanidine groups is 1. The molecule has 2 N–H and O–H groups in total. The third-order valence-electron chi connectivity index (χ3n) is 4.67. The minimum absolute atomic E-state index is 0. The Morgan fingerprint density at radius 2 is 2.04 bits per heavy atom. The summed E-state index contributed by atoms with van der Waals surface area (Å²) in [6.45, 7) is 8.13. The summed E-state index contributed by atoms with van der Waals surface area (Å²) in [7, 11) is 1.81. The smallest absolute Gasteiger partial charge is 0.191 e. The lowest BCUT2D eigenvalue weighted by molar-refractivity contribution is 0.443. The van der Waals surface area contributed by atoms with Crippen molar-refractivity contribution < 1.29 is 0 Å². The first kappa shape index (κ1) is 23.4. The SMILES string of the molecule is CCCCC(CC)CNC(=NC)NCc1ccc(-n2ccnc2C)nc1.I. The van der Waals surface area contributed by atoms with Crippen LogP contribution < -0.4 is 10.6 Å². The molecule has 27 heavy (non-hydrogen) atoms. The number of nitrogens with zero attached hydrogens (tertiary/aromatic N) is 4. The fraction of sp³-hybridized carbons (Fsp3) is 0.550. The van der Waals surface area contributed by atoms with Gasteiger partial charge in [-0.2, -0.15) is 0 Å². The summed E-state index contributed by atoms with van der Waals surface area (Å²) in [5.41, 5.74) is 1.12. The topological polar surface area (TPSA) is 67.1 Å². The van der Waals surface area contributed by atoms with Crippen LogP contribution in [0.25, 0.3) is 5.82 Å². The Morgan fingerprint density at radius 1 is 1.22 bits per heavy atom. The lowest BCUT2D eigenvalue weighted by Gasteiger charge is -2.18. The van der Waals surface area contributed by atoms with Crippen LogP contribution >= 0.6 is 24.0 Å². The minimum Gasteiger partial charge on any atom is -0.356 e. The number of hydrogen-bond donors (Lipinski definition) is 2. The van der Waals surface area contributed by atoms with Gasteiger partial charge in [0, 0.05) is 38.7 Å². The van der Waals surface area contributed by atoms with Gasteiger partial charge in [0.2, 0.25) is 0 Å². The lowest BCUT2D eigenvalue weighted by atomic mass is 9.99. The van der Waals surface area contributed by atoms with Crippen LogP contribution in [-0.4, -0.2) is 34.1 Å². The van der Waals surface area contributed by atoms with E-state index < -0.39 is 0 Å². The molecular formula is C20H33IN6. The molecule has 0 saturated heterocycles. The van der Waals surface area contributed by atoms with E-state index in [2.05, 4.69) is 45.5 Å². The average Bonchev–Trinajstić information content (AvgIpc) is 3.10. The summed E-state index contributed by atoms with van der Waals surface area (Å²) in [6.07, 6.45) is 10.6. The first-order valence-corrected chi connectivity index (χ1v) is 9.57. The quantitative estimate of drug-likeness (QED) is 0.320. The second kappa shape index (κ2) is 12.7. The molecule has 1 unspecified atom stereocenters. The van der Waals surface area contributed by atoms with Crippen LogP contribution in [0.15, 0.2) is 35.7 Å². The summed E-state index contributed by atoms with van der Waals surface area (Å²) in [6, 6.07) is 4.10. The number of hydrogen-bond acceptors (Lipinski definition) is 3. The number of halogens is 1. The monoisotopic (exact) mass is 484 g/mol. The molecule has 0 amide bonds. The Hall–Kier alpha value is -1.64. The van der Waals surface area contributed by atoms with E-state index >= 15 is 0 Å². The highest BCUT2D eigenvalue weighted by molar-refractivity contribution is 14.0. The van der Waals surface area contributed by atoms with Crippen molar-refractivity contribution in [1.29, 1.82) is 0 Å². The van der Waals surface area contributed by atoms with Gasteiger partial charge in [0.25, 0.3) is 0 Å². The third kappa shape index (κ3) is 7.48. The third-order valence-corrected chi connectivity index (χ3v) is 4.67. The Morgan fingerprint density at radius 3 is 2.59 bits per heavy atom. The Labute approximate surface area is 180 Å². The number of rotatable bonds is 9. The largest absolute Gasteiger partial charge is 0.356 e. The number of aliphatic imine (C=N–C) groups is 1. The van der Waals surface area contributed by atoms with Crippen molar-refractivity contribution >= 4 is 29.9 Å². The minimum atomic E-state index is 0. The molecule has 150 valence electrons. The molecule has 0 radical (unpaired) electrons. The van der Waals surface area contributed by atoms with Gasteiger partial charge in [0.15, 0.2) is 5.96 Å². The van der Waals surface area contributed by atoms with E-state index in [1.807, 2.05) is 37.0 Å². The zero-order valence-corrected chi connectivity index (χ0v) is 19.2. The predicted molar refractivity (Wildman–Crippen MR) is 123 cm³/mol. The van der Waals surface area contributed by atoms with Crippen molar-refractivity contribution in [2.24, 2.45) is 10.9 Å². The van der Waals surface area contributed by atoms with Gasteiger partial charge in [-0.15, -0.1) is 24.0 Å². The molecule has 0 aliphatic rings. The molecule has 7 heteroatoms. The van der Waals surface area contributed by atoms with Crippen LogP contribution in [0.5, 0.6) is 0 Å². The fourth-order valence-electron chi connectivity index (χ4n) is 2.87. The standard InChI is InChI=1S/C20H32N6.HI/c1-5-7-8-17(6-2)13-24-20(21-4)25-15-18-9-10-19(23-14-18)26-12-11-22-16(26)3;/h9-12,14,17H,5-8,13,15H2,1-4H3,(H2,21,24,25);1H. The highest BCUT2D eigenvalue weighted by atomic mass is 127. The van der Waals surface area contributed by atoms with E-state index in [0.29, 0.717) is 12.5 Å². The summed E-state index contributed by atoms with van der Waals surface area (Å²) < 4.78 is 1.97. The van der Waals surface area contributed by atoms with Crippen LogP contribution in [0.1, 0.15) is 50.9 Å². The van der Waals surface area contributed by atoms with Gasteiger partial charge in [-0.1, -0.05) is 39.2 Å². The van der Waals surface area contributed by atoms with E-state index in [1.54, 1.807) is 6.20 Å². The molecule has 0 spiro atoms. The molecule has 1 atom stereocenters. The summed E-state index contributed by atoms with van der Waals surface area (Å²) in [5, 5.41) is 6.81. The zero-order valence-electron chi connectivity index (χ0n) is 16.9. The summed E-state index contributed by atoms with van der Waals surface area (Å²) in [5.74, 6) is 3.36. The van der Waals surface area contributed by atoms with Crippen LogP contribution in [-0.2, 0) is 6.54 Å². The molecule has 0 fully saturated rings. The number of aryl methyl sites for hydroxylation is 1. The fourth-order valence-corrected chi connectivity index (χ4v) is 2.87. The van der Waals surface area contributed by atoms with Gasteiger partial charge in [-0.3, -0.25) is 9.56 Å². The van der Waals surface area contributed by atoms with Crippen molar-refractivity contribution in [3.63, 3.8) is 0 Å². The number of unbranched alkanes of at least 4 members (excludes halogenated alkanes) is 1. The molecule has 0 bridgehead atoms. The molecule has 2 aromatic rings. The van der Waals surface area contributed by atoms with Crippen LogP contribution in [0.2, 0.25) is 0 Å². The zero-order chi connectivity index (χ0) is 18.8. The Kier molecular flexibility index (Phi) is 11.0. The van der Waals surface area contributed by atoms with Gasteiger partial charge < -0.3 is 10.6 Å². The molecule has 0 aliphatic carbocycles. The maximum atomic E-state index is 4.53. The van der Waals surface area contributed by atoms with Gasteiger partial charge in [0.05, 0.1) is 0 Å². The van der Waals surface area contributed by atoms with Crippen molar-refractivity contribution in [1.82, 2.24) is 25.2 Å². The summed E-state index contributed by atoms with van der Waals surface area (Å²) in [4.78, 5) is 13.1. The van der Waals surface area contributed by atoms with E-state index in [4.69, 9.17) is 0 Å². The first-order chi connectivity index (χ1) is 12.7. The highest BCUT2D eigenvalue weighted by Gasteiger charge is 2.07. The second-order valence-corrected chi connectivity index (χ2v) is 6.59. The van der Waals surface area contributed by atoms with E-state index in [9.17, 15) is 0 Å². The lowest BCUT2D eigenvalue weighted by Crippen LogP contribution is -2.39. The number of aromatic nitrogens is 3. The van der Waals surface area contributed by atoms with Crippen molar-refractivity contribution in [2.75, 3.05) is 13.6 Å². The van der Waals surface area contributed by atoms with Gasteiger partial charge in [-0.25, -0.2) is 9.97 Å². The van der Waals surface area contributed by atoms with Crippen LogP contribution in [0.4, 0.5) is 0 Å². The molecule has 0 aliphatic heterocycles. The molecule has 2 rings (SSSR count). The molecule has 6 nitrogen and oxygen atoms in total. The maximum absolute atomic E-state index is 4.53. The number of pyridine rings is 1. The average molecular weight is 484 g/mol. The highest BCUT2D eigenvalue weighted by Crippen LogP contribution is 2.11. The number of nitrogens with one attached hydrogen (secondary N) is 2. The van der Waals surface area contributed by atoms with E-state index in [0.717, 1.165) is 29.7 Å². The van der Waals surface area contributed by atoms with Crippen molar-refractivity contribution in [3.05, 3.63) is 42.1 Å². The van der Waals surface area contributed by atoms with Crippen LogP contribution in [0, 0.1) is 12.8 Å². The van der Waals surface area contributed by atoms with E-state index in [1.165, 1.54) is 25.7 Å². The van der Waals surface area contributed by atoms with Crippen LogP contribution in [0.3, 0.4) is 0 Å². The predicted octanol–water partition coefficient (Wildman–Crippen LogP) is 4.08. The molecule has 0 aromatic carbocycles. The Bertz CT molecular complexity index is 680.